The van der Waals surface area contributed by atoms with Gasteiger partial charge in [-0.2, -0.15) is 4.98 Å². The fourth-order valence-electron chi connectivity index (χ4n) is 1.59. The molecule has 0 aromatic carbocycles. The van der Waals surface area contributed by atoms with Crippen LogP contribution >= 0.6 is 7.60 Å². The molecule has 2 rings (SSSR count). The first kappa shape index (κ1) is 14.8. The number of ether oxygens (including phenoxy) is 1. The van der Waals surface area contributed by atoms with Gasteiger partial charge in [-0.3, -0.25) is 4.57 Å². The zero-order valence-corrected chi connectivity index (χ0v) is 11.2. The van der Waals surface area contributed by atoms with Crippen molar-refractivity contribution in [1.29, 1.82) is 0 Å². The summed E-state index contributed by atoms with van der Waals surface area (Å²) in [5.74, 6) is 0.0796. The van der Waals surface area contributed by atoms with E-state index in [-0.39, 0.29) is 12.5 Å². The number of hydrogen-bond donors (Lipinski definition) is 4. The van der Waals surface area contributed by atoms with Crippen LogP contribution in [0, 0.1) is 0 Å². The maximum absolute atomic E-state index is 10.7. The predicted octanol–water partition coefficient (Wildman–Crippen LogP) is -1.08. The highest BCUT2D eigenvalue weighted by atomic mass is 31.2. The molecule has 1 unspecified atom stereocenters. The van der Waals surface area contributed by atoms with Gasteiger partial charge in [-0.15, -0.1) is 0 Å². The maximum atomic E-state index is 10.7. The average Bonchev–Trinajstić information content (AvgIpc) is 2.75. The van der Waals surface area contributed by atoms with Crippen LogP contribution in [0.3, 0.4) is 0 Å². The monoisotopic (exact) mass is 303 g/mol. The minimum absolute atomic E-state index is 0.0796. The first-order valence-corrected chi connectivity index (χ1v) is 7.39. The standard InChI is InChI=1S/C9H14N5O5P/c10-9-11-1-7-8(13-9)14(4-12-7)2-6(3-15)19-5-20(16,17)18/h1,4,6,15H,2-3,5H2,(H2,10,11,13)(H2,16,17,18). The van der Waals surface area contributed by atoms with E-state index in [1.54, 1.807) is 4.57 Å². The van der Waals surface area contributed by atoms with Crippen LogP contribution in [0.1, 0.15) is 0 Å². The number of nitrogens with two attached hydrogens (primary N) is 1. The summed E-state index contributed by atoms with van der Waals surface area (Å²) in [4.78, 5) is 29.3. The van der Waals surface area contributed by atoms with Crippen molar-refractivity contribution in [3.63, 3.8) is 0 Å². The maximum Gasteiger partial charge on any atom is 0.350 e. The van der Waals surface area contributed by atoms with Crippen LogP contribution in [0.5, 0.6) is 0 Å². The molecule has 2 heterocycles. The highest BCUT2D eigenvalue weighted by molar-refractivity contribution is 7.51. The van der Waals surface area contributed by atoms with Crippen molar-refractivity contribution >= 4 is 24.7 Å². The van der Waals surface area contributed by atoms with Crippen LogP contribution < -0.4 is 5.73 Å². The van der Waals surface area contributed by atoms with Gasteiger partial charge in [-0.1, -0.05) is 0 Å². The van der Waals surface area contributed by atoms with Gasteiger partial charge in [0.1, 0.15) is 11.9 Å². The van der Waals surface area contributed by atoms with Gasteiger partial charge >= 0.3 is 7.60 Å². The molecule has 0 spiro atoms. The van der Waals surface area contributed by atoms with E-state index >= 15 is 0 Å². The number of nitrogen functional groups attached to an aromatic ring is 1. The molecule has 11 heteroatoms. The van der Waals surface area contributed by atoms with E-state index in [9.17, 15) is 9.67 Å². The molecule has 0 radical (unpaired) electrons. The van der Waals surface area contributed by atoms with E-state index < -0.39 is 26.7 Å². The van der Waals surface area contributed by atoms with Gasteiger partial charge in [-0.25, -0.2) is 9.97 Å². The molecule has 2 aromatic rings. The first-order valence-electron chi connectivity index (χ1n) is 5.59. The number of fused-ring (bicyclic) bond motifs is 1. The smallest absolute Gasteiger partial charge is 0.350 e. The van der Waals surface area contributed by atoms with Crippen molar-refractivity contribution in [2.24, 2.45) is 0 Å². The molecule has 5 N–H and O–H groups in total. The summed E-state index contributed by atoms with van der Waals surface area (Å²) < 4.78 is 17.3. The van der Waals surface area contributed by atoms with Gasteiger partial charge in [0.15, 0.2) is 5.65 Å². The van der Waals surface area contributed by atoms with Crippen LogP contribution in [0.15, 0.2) is 12.5 Å². The number of aliphatic hydroxyl groups excluding tert-OH is 1. The first-order chi connectivity index (χ1) is 9.39. The fourth-order valence-corrected chi connectivity index (χ4v) is 1.99. The van der Waals surface area contributed by atoms with Crippen LogP contribution in [0.4, 0.5) is 5.95 Å². The van der Waals surface area contributed by atoms with Crippen LogP contribution in [0.25, 0.3) is 11.2 Å². The molecule has 0 aliphatic rings. The summed E-state index contributed by atoms with van der Waals surface area (Å²) in [7, 11) is -4.28. The Morgan fingerprint density at radius 2 is 2.20 bits per heavy atom. The van der Waals surface area contributed by atoms with Crippen LogP contribution in [0.2, 0.25) is 0 Å². The number of rotatable bonds is 6. The average molecular weight is 303 g/mol. The summed E-state index contributed by atoms with van der Waals surface area (Å²) >= 11 is 0. The Kier molecular flexibility index (Phi) is 4.31. The number of imidazole rings is 1. The molecule has 0 bridgehead atoms. The molecule has 0 amide bonds. The SMILES string of the molecule is Nc1ncc2ncn(CC(CO)OCP(=O)(O)O)c2n1. The van der Waals surface area contributed by atoms with Gasteiger partial charge in [0.2, 0.25) is 5.95 Å². The fraction of sp³-hybridized carbons (Fsp3) is 0.444. The van der Waals surface area contributed by atoms with Crippen molar-refractivity contribution in [1.82, 2.24) is 19.5 Å². The summed E-state index contributed by atoms with van der Waals surface area (Å²) in [5.41, 5.74) is 6.46. The number of anilines is 1. The summed E-state index contributed by atoms with van der Waals surface area (Å²) in [5, 5.41) is 9.18. The molecule has 20 heavy (non-hydrogen) atoms. The molecule has 0 aliphatic carbocycles. The van der Waals surface area contributed by atoms with E-state index in [1.165, 1.54) is 12.5 Å². The van der Waals surface area contributed by atoms with Gasteiger partial charge < -0.3 is 29.9 Å². The molecular weight excluding hydrogens is 289 g/mol. The van der Waals surface area contributed by atoms with Crippen molar-refractivity contribution in [2.75, 3.05) is 18.7 Å². The number of aliphatic hydroxyl groups is 1. The van der Waals surface area contributed by atoms with E-state index in [4.69, 9.17) is 20.3 Å². The summed E-state index contributed by atoms with van der Waals surface area (Å²) in [6.07, 6.45) is 1.36. The lowest BCUT2D eigenvalue weighted by molar-refractivity contribution is 0.0202. The number of aromatic nitrogens is 4. The Labute approximate surface area is 113 Å². The van der Waals surface area contributed by atoms with E-state index in [0.29, 0.717) is 11.2 Å². The summed E-state index contributed by atoms with van der Waals surface area (Å²) in [6.45, 7) is -0.274. The second-order valence-corrected chi connectivity index (χ2v) is 5.69. The summed E-state index contributed by atoms with van der Waals surface area (Å²) in [6, 6.07) is 0. The van der Waals surface area contributed by atoms with Gasteiger partial charge in [0.05, 0.1) is 31.8 Å². The Balaban J connectivity index is 2.13. The lowest BCUT2D eigenvalue weighted by Gasteiger charge is -2.16. The minimum Gasteiger partial charge on any atom is -0.394 e. The highest BCUT2D eigenvalue weighted by Gasteiger charge is 2.19. The molecule has 0 fully saturated rings. The Morgan fingerprint density at radius 3 is 2.85 bits per heavy atom. The molecule has 0 saturated heterocycles. The molecule has 2 aromatic heterocycles. The third-order valence-corrected chi connectivity index (χ3v) is 2.94. The number of nitrogens with zero attached hydrogens (tertiary/aromatic N) is 4. The Morgan fingerprint density at radius 1 is 1.45 bits per heavy atom. The molecule has 0 saturated carbocycles. The second kappa shape index (κ2) is 5.81. The lowest BCUT2D eigenvalue weighted by Crippen LogP contribution is -2.24. The molecular formula is C9H14N5O5P. The van der Waals surface area contributed by atoms with Gasteiger partial charge in [0, 0.05) is 0 Å². The topological polar surface area (TPSA) is 157 Å². The highest BCUT2D eigenvalue weighted by Crippen LogP contribution is 2.34. The lowest BCUT2D eigenvalue weighted by atomic mass is 10.3. The van der Waals surface area contributed by atoms with E-state index in [2.05, 4.69) is 15.0 Å². The van der Waals surface area contributed by atoms with E-state index in [0.717, 1.165) is 0 Å². The molecule has 0 aliphatic heterocycles. The minimum atomic E-state index is -4.28. The third-order valence-electron chi connectivity index (χ3n) is 2.46. The Hall–Kier alpha value is -1.58. The predicted molar refractivity (Wildman–Crippen MR) is 68.6 cm³/mol. The molecule has 110 valence electrons. The van der Waals surface area contributed by atoms with Crippen molar-refractivity contribution in [2.45, 2.75) is 12.6 Å². The Bertz CT molecular complexity index is 641. The zero-order chi connectivity index (χ0) is 14.8. The van der Waals surface area contributed by atoms with Crippen molar-refractivity contribution < 1.29 is 24.2 Å². The normalized spacial score (nSPS) is 13.8. The van der Waals surface area contributed by atoms with Crippen LogP contribution in [-0.2, 0) is 15.8 Å². The number of hydrogen-bond acceptors (Lipinski definition) is 7. The van der Waals surface area contributed by atoms with E-state index in [1.807, 2.05) is 0 Å². The van der Waals surface area contributed by atoms with Crippen LogP contribution in [-0.4, -0.2) is 53.5 Å². The zero-order valence-electron chi connectivity index (χ0n) is 10.3. The molecule has 1 atom stereocenters. The third kappa shape index (κ3) is 3.71. The molecule has 10 nitrogen and oxygen atoms in total. The van der Waals surface area contributed by atoms with Crippen molar-refractivity contribution in [3.8, 4) is 0 Å². The van der Waals surface area contributed by atoms with Crippen molar-refractivity contribution in [3.05, 3.63) is 12.5 Å². The quantitative estimate of drug-likeness (QED) is 0.487. The second-order valence-electron chi connectivity index (χ2n) is 4.10. The van der Waals surface area contributed by atoms with Gasteiger partial charge in [-0.05, 0) is 0 Å². The van der Waals surface area contributed by atoms with Gasteiger partial charge in [0.25, 0.3) is 0 Å². The largest absolute Gasteiger partial charge is 0.394 e.